The second-order valence-corrected chi connectivity index (χ2v) is 6.74. The van der Waals surface area contributed by atoms with Gasteiger partial charge in [0, 0.05) is 18.9 Å². The molecule has 5 nitrogen and oxygen atoms in total. The molecule has 2 saturated carbocycles. The van der Waals surface area contributed by atoms with Crippen LogP contribution in [-0.2, 0) is 9.59 Å². The molecule has 0 bridgehead atoms. The third-order valence-corrected chi connectivity index (χ3v) is 4.66. The molecule has 24 heavy (non-hydrogen) atoms. The standard InChI is InChI=1S/C19H26N2O3/c22-18(10-5-13-20-19(23)14-11-12-14)21-16-8-4-9-17(16)24-15-6-2-1-3-7-15/h1-3,6-7,14,16-17H,4-5,8-13H2,(H,20,23)(H,21,22)/t16-,17+/m1/s1. The number of carbonyl (C=O) groups excluding carboxylic acids is 2. The fraction of sp³-hybridized carbons (Fsp3) is 0.579. The minimum Gasteiger partial charge on any atom is -0.488 e. The summed E-state index contributed by atoms with van der Waals surface area (Å²) < 4.78 is 6.01. The third kappa shape index (κ3) is 4.98. The first kappa shape index (κ1) is 16.8. The van der Waals surface area contributed by atoms with Crippen LogP contribution in [0.15, 0.2) is 30.3 Å². The Bertz CT molecular complexity index is 557. The van der Waals surface area contributed by atoms with Gasteiger partial charge in [0.25, 0.3) is 0 Å². The summed E-state index contributed by atoms with van der Waals surface area (Å²) in [7, 11) is 0. The lowest BCUT2D eigenvalue weighted by Gasteiger charge is -2.22. The molecule has 2 atom stereocenters. The Kier molecular flexibility index (Phi) is 5.72. The highest BCUT2D eigenvalue weighted by atomic mass is 16.5. The van der Waals surface area contributed by atoms with Crippen molar-refractivity contribution in [1.82, 2.24) is 10.6 Å². The first-order valence-electron chi connectivity index (χ1n) is 9.01. The molecule has 1 aromatic rings. The van der Waals surface area contributed by atoms with Crippen molar-refractivity contribution in [3.8, 4) is 5.75 Å². The van der Waals surface area contributed by atoms with Crippen molar-refractivity contribution in [2.24, 2.45) is 5.92 Å². The lowest BCUT2D eigenvalue weighted by Crippen LogP contribution is -2.42. The third-order valence-electron chi connectivity index (χ3n) is 4.66. The lowest BCUT2D eigenvalue weighted by atomic mass is 10.2. The van der Waals surface area contributed by atoms with E-state index in [2.05, 4.69) is 10.6 Å². The molecule has 5 heteroatoms. The summed E-state index contributed by atoms with van der Waals surface area (Å²) in [4.78, 5) is 23.6. The Balaban J connectivity index is 1.36. The van der Waals surface area contributed by atoms with Crippen LogP contribution in [0.2, 0.25) is 0 Å². The zero-order chi connectivity index (χ0) is 16.8. The maximum Gasteiger partial charge on any atom is 0.223 e. The molecule has 0 unspecified atom stereocenters. The molecule has 2 aliphatic rings. The van der Waals surface area contributed by atoms with E-state index in [-0.39, 0.29) is 29.9 Å². The van der Waals surface area contributed by atoms with E-state index >= 15 is 0 Å². The summed E-state index contributed by atoms with van der Waals surface area (Å²) in [5.74, 6) is 1.27. The van der Waals surface area contributed by atoms with Gasteiger partial charge in [0.1, 0.15) is 11.9 Å². The van der Waals surface area contributed by atoms with Crippen LogP contribution >= 0.6 is 0 Å². The summed E-state index contributed by atoms with van der Waals surface area (Å²) >= 11 is 0. The van der Waals surface area contributed by atoms with Crippen LogP contribution in [0.3, 0.4) is 0 Å². The molecule has 1 aromatic carbocycles. The van der Waals surface area contributed by atoms with E-state index in [1.165, 1.54) is 0 Å². The van der Waals surface area contributed by atoms with Gasteiger partial charge in [-0.3, -0.25) is 9.59 Å². The van der Waals surface area contributed by atoms with Gasteiger partial charge in [0.05, 0.1) is 6.04 Å². The van der Waals surface area contributed by atoms with Crippen LogP contribution in [0.5, 0.6) is 5.75 Å². The molecule has 2 fully saturated rings. The van der Waals surface area contributed by atoms with Gasteiger partial charge in [-0.2, -0.15) is 0 Å². The fourth-order valence-electron chi connectivity index (χ4n) is 3.14. The van der Waals surface area contributed by atoms with Crippen molar-refractivity contribution in [3.63, 3.8) is 0 Å². The molecule has 130 valence electrons. The number of nitrogens with one attached hydrogen (secondary N) is 2. The number of para-hydroxylation sites is 1. The molecule has 0 heterocycles. The Morgan fingerprint density at radius 3 is 2.62 bits per heavy atom. The second-order valence-electron chi connectivity index (χ2n) is 6.74. The number of carbonyl (C=O) groups is 2. The van der Waals surface area contributed by atoms with Gasteiger partial charge in [-0.05, 0) is 50.7 Å². The molecule has 0 radical (unpaired) electrons. The first-order chi connectivity index (χ1) is 11.7. The molecule has 2 aliphatic carbocycles. The number of amides is 2. The summed E-state index contributed by atoms with van der Waals surface area (Å²) in [6.07, 6.45) is 6.19. The van der Waals surface area contributed by atoms with E-state index < -0.39 is 0 Å². The van der Waals surface area contributed by atoms with Crippen molar-refractivity contribution in [3.05, 3.63) is 30.3 Å². The number of benzene rings is 1. The molecule has 0 aliphatic heterocycles. The van der Waals surface area contributed by atoms with Gasteiger partial charge in [-0.15, -0.1) is 0 Å². The topological polar surface area (TPSA) is 67.4 Å². The van der Waals surface area contributed by atoms with E-state index in [9.17, 15) is 9.59 Å². The van der Waals surface area contributed by atoms with Crippen LogP contribution in [0, 0.1) is 5.92 Å². The van der Waals surface area contributed by atoms with E-state index in [1.54, 1.807) is 0 Å². The van der Waals surface area contributed by atoms with Crippen molar-refractivity contribution < 1.29 is 14.3 Å². The first-order valence-corrected chi connectivity index (χ1v) is 9.01. The zero-order valence-corrected chi connectivity index (χ0v) is 14.0. The van der Waals surface area contributed by atoms with Crippen molar-refractivity contribution >= 4 is 11.8 Å². The van der Waals surface area contributed by atoms with Crippen LogP contribution in [0.1, 0.15) is 44.9 Å². The Hall–Kier alpha value is -2.04. The second kappa shape index (κ2) is 8.18. The van der Waals surface area contributed by atoms with Crippen molar-refractivity contribution in [2.75, 3.05) is 6.54 Å². The molecule has 3 rings (SSSR count). The SMILES string of the molecule is O=C(CCCNC(=O)C1CC1)N[C@@H]1CCC[C@@H]1Oc1ccccc1. The van der Waals surface area contributed by atoms with Gasteiger partial charge < -0.3 is 15.4 Å². The van der Waals surface area contributed by atoms with Gasteiger partial charge in [0.2, 0.25) is 11.8 Å². The molecule has 0 spiro atoms. The Morgan fingerprint density at radius 2 is 1.88 bits per heavy atom. The smallest absolute Gasteiger partial charge is 0.223 e. The maximum atomic E-state index is 12.1. The Morgan fingerprint density at radius 1 is 1.08 bits per heavy atom. The quantitative estimate of drug-likeness (QED) is 0.719. The molecular formula is C19H26N2O3. The highest BCUT2D eigenvalue weighted by molar-refractivity contribution is 5.81. The van der Waals surface area contributed by atoms with Crippen LogP contribution in [0.25, 0.3) is 0 Å². The predicted octanol–water partition coefficient (Wildman–Crippen LogP) is 2.41. The van der Waals surface area contributed by atoms with E-state index in [4.69, 9.17) is 4.74 Å². The maximum absolute atomic E-state index is 12.1. The summed E-state index contributed by atoms with van der Waals surface area (Å²) in [6.45, 7) is 0.581. The minimum atomic E-state index is 0.0456. The highest BCUT2D eigenvalue weighted by Crippen LogP contribution is 2.28. The number of hydrogen-bond acceptors (Lipinski definition) is 3. The van der Waals surface area contributed by atoms with Crippen LogP contribution in [0.4, 0.5) is 0 Å². The van der Waals surface area contributed by atoms with Gasteiger partial charge >= 0.3 is 0 Å². The molecule has 0 aromatic heterocycles. The number of hydrogen-bond donors (Lipinski definition) is 2. The zero-order valence-electron chi connectivity index (χ0n) is 14.0. The van der Waals surface area contributed by atoms with Gasteiger partial charge in [0.15, 0.2) is 0 Å². The summed E-state index contributed by atoms with van der Waals surface area (Å²) in [5.41, 5.74) is 0. The number of rotatable bonds is 8. The van der Waals surface area contributed by atoms with Crippen LogP contribution in [-0.4, -0.2) is 30.5 Å². The van der Waals surface area contributed by atoms with Crippen LogP contribution < -0.4 is 15.4 Å². The Labute approximate surface area is 143 Å². The summed E-state index contributed by atoms with van der Waals surface area (Å²) in [6, 6.07) is 9.84. The lowest BCUT2D eigenvalue weighted by molar-refractivity contribution is -0.124. The monoisotopic (exact) mass is 330 g/mol. The normalized spacial score (nSPS) is 22.8. The predicted molar refractivity (Wildman–Crippen MR) is 91.6 cm³/mol. The van der Waals surface area contributed by atoms with E-state index in [0.29, 0.717) is 19.4 Å². The highest BCUT2D eigenvalue weighted by Gasteiger charge is 2.30. The van der Waals surface area contributed by atoms with E-state index in [0.717, 1.165) is 37.9 Å². The minimum absolute atomic E-state index is 0.0456. The van der Waals surface area contributed by atoms with Gasteiger partial charge in [-0.25, -0.2) is 0 Å². The average Bonchev–Trinajstić information content (AvgIpc) is 3.36. The number of ether oxygens (including phenoxy) is 1. The van der Waals surface area contributed by atoms with E-state index in [1.807, 2.05) is 30.3 Å². The van der Waals surface area contributed by atoms with Gasteiger partial charge in [-0.1, -0.05) is 18.2 Å². The summed E-state index contributed by atoms with van der Waals surface area (Å²) in [5, 5.41) is 5.99. The largest absolute Gasteiger partial charge is 0.488 e. The molecule has 0 saturated heterocycles. The molecular weight excluding hydrogens is 304 g/mol. The molecule has 2 amide bonds. The van der Waals surface area contributed by atoms with Crippen molar-refractivity contribution in [1.29, 1.82) is 0 Å². The average molecular weight is 330 g/mol. The van der Waals surface area contributed by atoms with Crippen molar-refractivity contribution in [2.45, 2.75) is 57.1 Å². The molecule has 2 N–H and O–H groups in total. The fourth-order valence-corrected chi connectivity index (χ4v) is 3.14.